The summed E-state index contributed by atoms with van der Waals surface area (Å²) in [7, 11) is 1.56. The highest BCUT2D eigenvalue weighted by Gasteiger charge is 2.10. The molecule has 1 rings (SSSR count). The summed E-state index contributed by atoms with van der Waals surface area (Å²) in [4.78, 5) is 26.2. The van der Waals surface area contributed by atoms with E-state index in [2.05, 4.69) is 10.3 Å². The highest BCUT2D eigenvalue weighted by molar-refractivity contribution is 5.95. The van der Waals surface area contributed by atoms with Gasteiger partial charge in [-0.3, -0.25) is 9.78 Å². The highest BCUT2D eigenvalue weighted by Crippen LogP contribution is 2.05. The number of hydrogen-bond acceptors (Lipinski definition) is 4. The Labute approximate surface area is 111 Å². The minimum atomic E-state index is -1.05. The molecule has 6 heteroatoms. The van der Waals surface area contributed by atoms with Gasteiger partial charge < -0.3 is 15.2 Å². The number of ether oxygens (including phenoxy) is 1. The standard InChI is InChI=1S/C13H16N2O4/c1-9(8-19-2)15-13(18)11-5-10(6-14-7-11)3-4-12(16)17/h3-7,9H,8H2,1-2H3,(H,15,18)(H,16,17). The summed E-state index contributed by atoms with van der Waals surface area (Å²) in [6.45, 7) is 2.24. The molecule has 0 aliphatic carbocycles. The van der Waals surface area contributed by atoms with E-state index < -0.39 is 5.97 Å². The molecule has 0 aliphatic heterocycles. The number of carboxylic acids is 1. The number of aliphatic carboxylic acids is 1. The molecular formula is C13H16N2O4. The van der Waals surface area contributed by atoms with Crippen LogP contribution in [0.1, 0.15) is 22.8 Å². The van der Waals surface area contributed by atoms with E-state index >= 15 is 0 Å². The van der Waals surface area contributed by atoms with Gasteiger partial charge in [0.1, 0.15) is 0 Å². The van der Waals surface area contributed by atoms with E-state index in [-0.39, 0.29) is 11.9 Å². The largest absolute Gasteiger partial charge is 0.478 e. The Kier molecular flexibility index (Phi) is 5.69. The predicted molar refractivity (Wildman–Crippen MR) is 69.7 cm³/mol. The summed E-state index contributed by atoms with van der Waals surface area (Å²) < 4.78 is 4.92. The number of aromatic nitrogens is 1. The van der Waals surface area contributed by atoms with Crippen LogP contribution in [0.4, 0.5) is 0 Å². The number of carbonyl (C=O) groups is 2. The Balaban J connectivity index is 2.75. The summed E-state index contributed by atoms with van der Waals surface area (Å²) in [6.07, 6.45) is 5.28. The van der Waals surface area contributed by atoms with Gasteiger partial charge in [-0.25, -0.2) is 4.79 Å². The van der Waals surface area contributed by atoms with Crippen LogP contribution in [-0.4, -0.2) is 41.7 Å². The van der Waals surface area contributed by atoms with Crippen molar-refractivity contribution in [2.24, 2.45) is 0 Å². The van der Waals surface area contributed by atoms with Crippen LogP contribution in [0, 0.1) is 0 Å². The lowest BCUT2D eigenvalue weighted by atomic mass is 10.1. The summed E-state index contributed by atoms with van der Waals surface area (Å²) >= 11 is 0. The number of methoxy groups -OCH3 is 1. The fourth-order valence-corrected chi connectivity index (χ4v) is 1.44. The Bertz CT molecular complexity index is 485. The quantitative estimate of drug-likeness (QED) is 0.747. The Morgan fingerprint density at radius 2 is 2.26 bits per heavy atom. The van der Waals surface area contributed by atoms with Gasteiger partial charge in [0.2, 0.25) is 0 Å². The summed E-state index contributed by atoms with van der Waals surface area (Å²) in [5.74, 6) is -1.33. The summed E-state index contributed by atoms with van der Waals surface area (Å²) in [5.41, 5.74) is 0.921. The van der Waals surface area contributed by atoms with Gasteiger partial charge >= 0.3 is 5.97 Å². The van der Waals surface area contributed by atoms with Gasteiger partial charge in [0.05, 0.1) is 12.2 Å². The predicted octanol–water partition coefficient (Wildman–Crippen LogP) is 0.944. The van der Waals surface area contributed by atoms with Crippen LogP contribution in [0.3, 0.4) is 0 Å². The van der Waals surface area contributed by atoms with Gasteiger partial charge in [-0.15, -0.1) is 0 Å². The second-order valence-electron chi connectivity index (χ2n) is 4.01. The number of carboxylic acid groups (broad SMARTS) is 1. The molecule has 6 nitrogen and oxygen atoms in total. The molecule has 0 bridgehead atoms. The lowest BCUT2D eigenvalue weighted by Crippen LogP contribution is -2.35. The molecule has 0 saturated heterocycles. The molecule has 0 aromatic carbocycles. The van der Waals surface area contributed by atoms with Crippen molar-refractivity contribution in [1.29, 1.82) is 0 Å². The molecule has 1 aromatic heterocycles. The molecular weight excluding hydrogens is 248 g/mol. The minimum Gasteiger partial charge on any atom is -0.478 e. The Morgan fingerprint density at radius 1 is 1.53 bits per heavy atom. The van der Waals surface area contributed by atoms with Gasteiger partial charge in [0.25, 0.3) is 5.91 Å². The van der Waals surface area contributed by atoms with Crippen molar-refractivity contribution < 1.29 is 19.4 Å². The van der Waals surface area contributed by atoms with E-state index in [1.165, 1.54) is 18.5 Å². The number of nitrogens with one attached hydrogen (secondary N) is 1. The number of carbonyl (C=O) groups excluding carboxylic acids is 1. The van der Waals surface area contributed by atoms with Gasteiger partial charge in [-0.05, 0) is 24.6 Å². The van der Waals surface area contributed by atoms with E-state index in [0.717, 1.165) is 6.08 Å². The third-order valence-electron chi connectivity index (χ3n) is 2.23. The van der Waals surface area contributed by atoms with Crippen molar-refractivity contribution in [2.75, 3.05) is 13.7 Å². The molecule has 1 unspecified atom stereocenters. The number of hydrogen-bond donors (Lipinski definition) is 2. The third-order valence-corrected chi connectivity index (χ3v) is 2.23. The van der Waals surface area contributed by atoms with Crippen molar-refractivity contribution in [2.45, 2.75) is 13.0 Å². The molecule has 1 aromatic rings. The number of nitrogens with zero attached hydrogens (tertiary/aromatic N) is 1. The number of amides is 1. The van der Waals surface area contributed by atoms with Crippen LogP contribution in [0.15, 0.2) is 24.5 Å². The first-order valence-electron chi connectivity index (χ1n) is 5.68. The lowest BCUT2D eigenvalue weighted by molar-refractivity contribution is -0.131. The summed E-state index contributed by atoms with van der Waals surface area (Å²) in [6, 6.07) is 1.46. The lowest BCUT2D eigenvalue weighted by Gasteiger charge is -2.12. The molecule has 0 radical (unpaired) electrons. The van der Waals surface area contributed by atoms with E-state index in [9.17, 15) is 9.59 Å². The van der Waals surface area contributed by atoms with E-state index in [1.807, 2.05) is 6.92 Å². The van der Waals surface area contributed by atoms with Crippen LogP contribution in [0.25, 0.3) is 6.08 Å². The zero-order valence-electron chi connectivity index (χ0n) is 10.8. The van der Waals surface area contributed by atoms with Gasteiger partial charge in [-0.1, -0.05) is 0 Å². The molecule has 1 atom stereocenters. The van der Waals surface area contributed by atoms with Crippen molar-refractivity contribution in [3.8, 4) is 0 Å². The van der Waals surface area contributed by atoms with Crippen LogP contribution >= 0.6 is 0 Å². The van der Waals surface area contributed by atoms with Crippen molar-refractivity contribution >= 4 is 18.0 Å². The van der Waals surface area contributed by atoms with Crippen LogP contribution < -0.4 is 5.32 Å². The molecule has 1 amide bonds. The second kappa shape index (κ2) is 7.27. The van der Waals surface area contributed by atoms with Crippen molar-refractivity contribution in [1.82, 2.24) is 10.3 Å². The maximum absolute atomic E-state index is 11.9. The SMILES string of the molecule is COCC(C)NC(=O)c1cncc(C=CC(=O)O)c1. The van der Waals surface area contributed by atoms with Crippen LogP contribution in [0.2, 0.25) is 0 Å². The van der Waals surface area contributed by atoms with Crippen LogP contribution in [-0.2, 0) is 9.53 Å². The molecule has 19 heavy (non-hydrogen) atoms. The van der Waals surface area contributed by atoms with Crippen molar-refractivity contribution in [3.05, 3.63) is 35.7 Å². The first-order valence-corrected chi connectivity index (χ1v) is 5.68. The molecule has 1 heterocycles. The minimum absolute atomic E-state index is 0.115. The van der Waals surface area contributed by atoms with Gasteiger partial charge in [0, 0.05) is 31.6 Å². The van der Waals surface area contributed by atoms with Crippen molar-refractivity contribution in [3.63, 3.8) is 0 Å². The normalized spacial score (nSPS) is 12.3. The molecule has 2 N–H and O–H groups in total. The topological polar surface area (TPSA) is 88.5 Å². The second-order valence-corrected chi connectivity index (χ2v) is 4.01. The molecule has 102 valence electrons. The Hall–Kier alpha value is -2.21. The number of rotatable bonds is 6. The fourth-order valence-electron chi connectivity index (χ4n) is 1.44. The van der Waals surface area contributed by atoms with Gasteiger partial charge in [0.15, 0.2) is 0 Å². The van der Waals surface area contributed by atoms with Crippen LogP contribution in [0.5, 0.6) is 0 Å². The number of pyridine rings is 1. The van der Waals surface area contributed by atoms with E-state index in [4.69, 9.17) is 9.84 Å². The zero-order valence-corrected chi connectivity index (χ0v) is 10.8. The molecule has 0 saturated carbocycles. The van der Waals surface area contributed by atoms with Gasteiger partial charge in [-0.2, -0.15) is 0 Å². The molecule has 0 fully saturated rings. The zero-order chi connectivity index (χ0) is 14.3. The maximum atomic E-state index is 11.9. The fraction of sp³-hybridized carbons (Fsp3) is 0.308. The smallest absolute Gasteiger partial charge is 0.328 e. The third kappa shape index (κ3) is 5.31. The first kappa shape index (κ1) is 14.8. The maximum Gasteiger partial charge on any atom is 0.328 e. The van der Waals surface area contributed by atoms with E-state index in [1.54, 1.807) is 13.2 Å². The van der Waals surface area contributed by atoms with E-state index in [0.29, 0.717) is 17.7 Å². The summed E-state index contributed by atoms with van der Waals surface area (Å²) in [5, 5.41) is 11.3. The molecule has 0 spiro atoms. The average molecular weight is 264 g/mol. The Morgan fingerprint density at radius 3 is 2.89 bits per heavy atom. The highest BCUT2D eigenvalue weighted by atomic mass is 16.5. The first-order chi connectivity index (χ1) is 9.02. The molecule has 0 aliphatic rings. The monoisotopic (exact) mass is 264 g/mol. The average Bonchev–Trinajstić information content (AvgIpc) is 2.37.